The zero-order valence-corrected chi connectivity index (χ0v) is 15.7. The van der Waals surface area contributed by atoms with Gasteiger partial charge in [0.2, 0.25) is 0 Å². The van der Waals surface area contributed by atoms with Crippen LogP contribution in [0.3, 0.4) is 0 Å². The van der Waals surface area contributed by atoms with E-state index in [9.17, 15) is 4.39 Å². The van der Waals surface area contributed by atoms with Crippen molar-refractivity contribution in [3.8, 4) is 5.75 Å². The van der Waals surface area contributed by atoms with Crippen LogP contribution in [-0.2, 0) is 19.7 Å². The molecule has 3 rings (SSSR count). The normalized spacial score (nSPS) is 10.2. The van der Waals surface area contributed by atoms with Gasteiger partial charge < -0.3 is 10.1 Å². The van der Waals surface area contributed by atoms with Crippen molar-refractivity contribution in [3.63, 3.8) is 0 Å². The van der Waals surface area contributed by atoms with Gasteiger partial charge in [-0.1, -0.05) is 48.0 Å². The molecule has 3 aromatic carbocycles. The Balaban J connectivity index is 0.00000243. The molecule has 0 aliphatic carbocycles. The molecule has 1 N–H and O–H groups in total. The van der Waals surface area contributed by atoms with Crippen LogP contribution < -0.4 is 10.1 Å². The number of rotatable bonds is 7. The van der Waals surface area contributed by atoms with E-state index < -0.39 is 0 Å². The number of nitrogens with one attached hydrogen (secondary N) is 1. The van der Waals surface area contributed by atoms with Crippen LogP contribution in [0.2, 0.25) is 5.02 Å². The van der Waals surface area contributed by atoms with Crippen LogP contribution in [0.1, 0.15) is 16.7 Å². The molecule has 0 atom stereocenters. The van der Waals surface area contributed by atoms with Crippen LogP contribution in [-0.4, -0.2) is 0 Å². The van der Waals surface area contributed by atoms with Crippen LogP contribution in [0.15, 0.2) is 72.8 Å². The Kier molecular flexibility index (Phi) is 7.92. The first-order valence-electron chi connectivity index (χ1n) is 8.10. The second-order valence-corrected chi connectivity index (χ2v) is 6.23. The fourth-order valence-electron chi connectivity index (χ4n) is 2.45. The summed E-state index contributed by atoms with van der Waals surface area (Å²) in [7, 11) is 0. The number of hydrogen-bond acceptors (Lipinski definition) is 2. The minimum atomic E-state index is -0.214. The molecule has 0 spiro atoms. The highest BCUT2D eigenvalue weighted by atomic mass is 35.5. The smallest absolute Gasteiger partial charge is 0.123 e. The Hall–Kier alpha value is -2.07. The van der Waals surface area contributed by atoms with Crippen LogP contribution >= 0.6 is 24.0 Å². The summed E-state index contributed by atoms with van der Waals surface area (Å²) in [6.07, 6.45) is 0. The lowest BCUT2D eigenvalue weighted by atomic mass is 10.2. The fourth-order valence-corrected chi connectivity index (χ4v) is 2.57. The molecule has 3 aromatic rings. The Morgan fingerprint density at radius 3 is 2.19 bits per heavy atom. The van der Waals surface area contributed by atoms with Crippen LogP contribution in [0.25, 0.3) is 0 Å². The molecular formula is C21H20Cl2FNO. The van der Waals surface area contributed by atoms with Crippen molar-refractivity contribution in [3.05, 3.63) is 100 Å². The zero-order valence-electron chi connectivity index (χ0n) is 14.1. The number of hydrogen-bond donors (Lipinski definition) is 1. The third kappa shape index (κ3) is 6.34. The molecule has 0 saturated heterocycles. The molecule has 0 amide bonds. The first-order chi connectivity index (χ1) is 12.2. The van der Waals surface area contributed by atoms with Crippen LogP contribution in [0.4, 0.5) is 4.39 Å². The standard InChI is InChI=1S/C21H19ClFNO.ClH/c22-19-8-4-17(5-9-19)15-25-21-3-1-2-18(12-21)14-24-13-16-6-10-20(23)11-7-16;/h1-12,24H,13-15H2;1H. The van der Waals surface area contributed by atoms with Crippen LogP contribution in [0, 0.1) is 5.82 Å². The van der Waals surface area contributed by atoms with Crippen molar-refractivity contribution in [2.45, 2.75) is 19.7 Å². The summed E-state index contributed by atoms with van der Waals surface area (Å²) < 4.78 is 18.7. The molecule has 2 nitrogen and oxygen atoms in total. The first-order valence-corrected chi connectivity index (χ1v) is 8.48. The van der Waals surface area contributed by atoms with Crippen molar-refractivity contribution in [1.29, 1.82) is 0 Å². The van der Waals surface area contributed by atoms with Gasteiger partial charge in [0, 0.05) is 18.1 Å². The lowest BCUT2D eigenvalue weighted by Gasteiger charge is -2.09. The molecule has 5 heteroatoms. The topological polar surface area (TPSA) is 21.3 Å². The molecule has 0 unspecified atom stereocenters. The van der Waals surface area contributed by atoms with Gasteiger partial charge in [-0.15, -0.1) is 12.4 Å². The first kappa shape index (κ1) is 20.2. The minimum Gasteiger partial charge on any atom is -0.489 e. The predicted octanol–water partition coefficient (Wildman–Crippen LogP) is 5.77. The van der Waals surface area contributed by atoms with E-state index in [1.54, 1.807) is 12.1 Å². The van der Waals surface area contributed by atoms with E-state index >= 15 is 0 Å². The van der Waals surface area contributed by atoms with Gasteiger partial charge >= 0.3 is 0 Å². The van der Waals surface area contributed by atoms with Gasteiger partial charge in [-0.2, -0.15) is 0 Å². The molecule has 0 aliphatic heterocycles. The minimum absolute atomic E-state index is 0. The summed E-state index contributed by atoms with van der Waals surface area (Å²) in [5.41, 5.74) is 3.26. The molecule has 26 heavy (non-hydrogen) atoms. The van der Waals surface area contributed by atoms with Crippen molar-refractivity contribution in [1.82, 2.24) is 5.32 Å². The van der Waals surface area contributed by atoms with Gasteiger partial charge in [0.05, 0.1) is 0 Å². The largest absolute Gasteiger partial charge is 0.489 e. The lowest BCUT2D eigenvalue weighted by Crippen LogP contribution is -2.12. The number of benzene rings is 3. The molecule has 0 bridgehead atoms. The van der Waals surface area contributed by atoms with E-state index in [1.165, 1.54) is 12.1 Å². The highest BCUT2D eigenvalue weighted by Gasteiger charge is 2.00. The van der Waals surface area contributed by atoms with E-state index in [-0.39, 0.29) is 18.2 Å². The Bertz CT molecular complexity index is 807. The van der Waals surface area contributed by atoms with Gasteiger partial charge in [-0.25, -0.2) is 4.39 Å². The molecule has 0 aromatic heterocycles. The fraction of sp³-hybridized carbons (Fsp3) is 0.143. The van der Waals surface area contributed by atoms with Gasteiger partial charge in [0.25, 0.3) is 0 Å². The quantitative estimate of drug-likeness (QED) is 0.551. The van der Waals surface area contributed by atoms with Crippen LogP contribution in [0.5, 0.6) is 5.75 Å². The summed E-state index contributed by atoms with van der Waals surface area (Å²) in [5.74, 6) is 0.616. The molecule has 0 radical (unpaired) electrons. The second kappa shape index (κ2) is 10.2. The second-order valence-electron chi connectivity index (χ2n) is 5.79. The average molecular weight is 392 g/mol. The molecule has 0 fully saturated rings. The third-order valence-corrected chi connectivity index (χ3v) is 4.04. The summed E-state index contributed by atoms with van der Waals surface area (Å²) in [6, 6.07) is 22.1. The Morgan fingerprint density at radius 1 is 0.808 bits per heavy atom. The van der Waals surface area contributed by atoms with Gasteiger partial charge in [0.1, 0.15) is 18.2 Å². The van der Waals surface area contributed by atoms with E-state index in [1.807, 2.05) is 48.5 Å². The summed E-state index contributed by atoms with van der Waals surface area (Å²) >= 11 is 5.88. The van der Waals surface area contributed by atoms with Gasteiger partial charge in [0.15, 0.2) is 0 Å². The monoisotopic (exact) mass is 391 g/mol. The molecule has 0 saturated carbocycles. The zero-order chi connectivity index (χ0) is 17.5. The predicted molar refractivity (Wildman–Crippen MR) is 106 cm³/mol. The van der Waals surface area contributed by atoms with E-state index in [2.05, 4.69) is 5.32 Å². The Morgan fingerprint density at radius 2 is 1.46 bits per heavy atom. The molecular weight excluding hydrogens is 372 g/mol. The van der Waals surface area contributed by atoms with Crippen molar-refractivity contribution >= 4 is 24.0 Å². The average Bonchev–Trinajstić information content (AvgIpc) is 2.63. The molecule has 136 valence electrons. The van der Waals surface area contributed by atoms with E-state index in [0.29, 0.717) is 13.2 Å². The van der Waals surface area contributed by atoms with Gasteiger partial charge in [-0.3, -0.25) is 0 Å². The van der Waals surface area contributed by atoms with E-state index in [0.717, 1.165) is 34.0 Å². The van der Waals surface area contributed by atoms with Crippen molar-refractivity contribution in [2.24, 2.45) is 0 Å². The maximum atomic E-state index is 12.9. The van der Waals surface area contributed by atoms with Crippen molar-refractivity contribution in [2.75, 3.05) is 0 Å². The maximum absolute atomic E-state index is 12.9. The molecule has 0 aliphatic rings. The lowest BCUT2D eigenvalue weighted by molar-refractivity contribution is 0.306. The number of ether oxygens (including phenoxy) is 1. The summed E-state index contributed by atoms with van der Waals surface area (Å²) in [6.45, 7) is 1.91. The van der Waals surface area contributed by atoms with Gasteiger partial charge in [-0.05, 0) is 53.1 Å². The number of halogens is 3. The molecule has 0 heterocycles. The highest BCUT2D eigenvalue weighted by Crippen LogP contribution is 2.16. The summed E-state index contributed by atoms with van der Waals surface area (Å²) in [4.78, 5) is 0. The third-order valence-electron chi connectivity index (χ3n) is 3.79. The SMILES string of the molecule is Cl.Fc1ccc(CNCc2cccc(OCc3ccc(Cl)cc3)c2)cc1. The summed E-state index contributed by atoms with van der Waals surface area (Å²) in [5, 5.41) is 4.07. The highest BCUT2D eigenvalue weighted by molar-refractivity contribution is 6.30. The maximum Gasteiger partial charge on any atom is 0.123 e. The van der Waals surface area contributed by atoms with E-state index in [4.69, 9.17) is 16.3 Å². The Labute approximate surface area is 164 Å². The van der Waals surface area contributed by atoms with Crippen molar-refractivity contribution < 1.29 is 9.13 Å².